The molecule has 0 atom stereocenters. The van der Waals surface area contributed by atoms with Crippen molar-refractivity contribution in [2.75, 3.05) is 7.11 Å². The third-order valence-electron chi connectivity index (χ3n) is 4.82. The van der Waals surface area contributed by atoms with Crippen molar-refractivity contribution in [1.82, 2.24) is 9.55 Å². The highest BCUT2D eigenvalue weighted by Crippen LogP contribution is 2.28. The molecule has 144 valence electrons. The second-order valence-electron chi connectivity index (χ2n) is 6.65. The number of hydrogen-bond acceptors (Lipinski definition) is 5. The van der Waals surface area contributed by atoms with E-state index in [1.54, 1.807) is 23.8 Å². The van der Waals surface area contributed by atoms with Crippen LogP contribution in [0.15, 0.2) is 88.8 Å². The van der Waals surface area contributed by atoms with Crippen LogP contribution in [-0.4, -0.2) is 16.7 Å². The molecule has 0 aliphatic carbocycles. The molecule has 0 bridgehead atoms. The quantitative estimate of drug-likeness (QED) is 0.456. The summed E-state index contributed by atoms with van der Waals surface area (Å²) in [4.78, 5) is 29.3. The predicted molar refractivity (Wildman–Crippen MR) is 112 cm³/mol. The lowest BCUT2D eigenvalue weighted by Crippen LogP contribution is -2.31. The molecular formula is C23H19N3O3. The number of nitroso groups, excluding NO2 is 1. The van der Waals surface area contributed by atoms with Gasteiger partial charge in [-0.3, -0.25) is 9.36 Å². The fourth-order valence-electron chi connectivity index (χ4n) is 3.55. The van der Waals surface area contributed by atoms with Crippen LogP contribution >= 0.6 is 0 Å². The summed E-state index contributed by atoms with van der Waals surface area (Å²) in [6.07, 6.45) is 0. The Bertz CT molecular complexity index is 1170. The van der Waals surface area contributed by atoms with Crippen molar-refractivity contribution in [1.29, 1.82) is 0 Å². The molecule has 0 aliphatic heterocycles. The fraction of sp³-hybridized carbons (Fsp3) is 0.130. The van der Waals surface area contributed by atoms with E-state index < -0.39 is 0 Å². The van der Waals surface area contributed by atoms with Crippen LogP contribution in [0.4, 0.5) is 5.69 Å². The number of hydrogen-bond donors (Lipinski definition) is 0. The van der Waals surface area contributed by atoms with Crippen molar-refractivity contribution < 1.29 is 4.74 Å². The molecule has 0 aliphatic rings. The Hall–Kier alpha value is -3.64. The van der Waals surface area contributed by atoms with Crippen molar-refractivity contribution in [3.63, 3.8) is 0 Å². The van der Waals surface area contributed by atoms with Gasteiger partial charge in [0.15, 0.2) is 0 Å². The summed E-state index contributed by atoms with van der Waals surface area (Å²) < 4.78 is 6.99. The molecule has 0 unspecified atom stereocenters. The smallest absolute Gasteiger partial charge is 0.262 e. The summed E-state index contributed by atoms with van der Waals surface area (Å²) in [5.74, 6) is 0.509. The molecule has 0 saturated carbocycles. The van der Waals surface area contributed by atoms with Gasteiger partial charge in [0.25, 0.3) is 5.56 Å². The first-order valence-electron chi connectivity index (χ1n) is 9.20. The average molecular weight is 385 g/mol. The molecule has 0 amide bonds. The highest BCUT2D eigenvalue weighted by molar-refractivity contribution is 5.81. The summed E-state index contributed by atoms with van der Waals surface area (Å²) in [6.45, 7) is 0.176. The molecule has 29 heavy (non-hydrogen) atoms. The Labute approximate surface area is 167 Å². The van der Waals surface area contributed by atoms with Gasteiger partial charge >= 0.3 is 0 Å². The number of nitrogens with zero attached hydrogens (tertiary/aromatic N) is 3. The first kappa shape index (κ1) is 18.7. The lowest BCUT2D eigenvalue weighted by Gasteiger charge is -2.24. The van der Waals surface area contributed by atoms with Gasteiger partial charge in [0.05, 0.1) is 16.9 Å². The molecule has 0 N–H and O–H groups in total. The maximum Gasteiger partial charge on any atom is 0.262 e. The molecule has 6 nitrogen and oxygen atoms in total. The van der Waals surface area contributed by atoms with Gasteiger partial charge in [-0.25, -0.2) is 4.98 Å². The number of methoxy groups -OCH3 is 1. The van der Waals surface area contributed by atoms with Crippen LogP contribution in [0.25, 0.3) is 10.9 Å². The van der Waals surface area contributed by atoms with Crippen molar-refractivity contribution >= 4 is 16.6 Å². The van der Waals surface area contributed by atoms with E-state index >= 15 is 0 Å². The van der Waals surface area contributed by atoms with E-state index in [0.717, 1.165) is 11.1 Å². The minimum absolute atomic E-state index is 0.176. The zero-order valence-electron chi connectivity index (χ0n) is 15.9. The van der Waals surface area contributed by atoms with Gasteiger partial charge in [-0.1, -0.05) is 60.7 Å². The minimum Gasteiger partial charge on any atom is -0.377 e. The number of aromatic nitrogens is 2. The number of fused-ring (bicyclic) bond motifs is 1. The van der Waals surface area contributed by atoms with Gasteiger partial charge in [0, 0.05) is 7.11 Å². The summed E-state index contributed by atoms with van der Waals surface area (Å²) in [5, 5.41) is 3.31. The molecule has 0 spiro atoms. The van der Waals surface area contributed by atoms with Gasteiger partial charge in [0.2, 0.25) is 0 Å². The SMILES string of the molecule is COCc1nc2ccc(N=O)cc2c(=O)n1C(c1ccccc1)c1ccccc1. The number of rotatable bonds is 6. The fourth-order valence-corrected chi connectivity index (χ4v) is 3.55. The van der Waals surface area contributed by atoms with Crippen LogP contribution in [0.3, 0.4) is 0 Å². The third-order valence-corrected chi connectivity index (χ3v) is 4.82. The van der Waals surface area contributed by atoms with Gasteiger partial charge in [0.1, 0.15) is 18.1 Å². The highest BCUT2D eigenvalue weighted by Gasteiger charge is 2.23. The number of benzene rings is 3. The van der Waals surface area contributed by atoms with E-state index in [4.69, 9.17) is 4.74 Å². The minimum atomic E-state index is -0.389. The van der Waals surface area contributed by atoms with Crippen LogP contribution in [-0.2, 0) is 11.3 Å². The van der Waals surface area contributed by atoms with E-state index in [1.807, 2.05) is 60.7 Å². The van der Waals surface area contributed by atoms with Gasteiger partial charge in [-0.15, -0.1) is 4.91 Å². The first-order valence-corrected chi connectivity index (χ1v) is 9.20. The zero-order valence-corrected chi connectivity index (χ0v) is 15.9. The first-order chi connectivity index (χ1) is 14.2. The normalized spacial score (nSPS) is 11.1. The van der Waals surface area contributed by atoms with Gasteiger partial charge < -0.3 is 4.74 Å². The van der Waals surface area contributed by atoms with Crippen LogP contribution in [0.2, 0.25) is 0 Å². The van der Waals surface area contributed by atoms with E-state index in [0.29, 0.717) is 16.7 Å². The van der Waals surface area contributed by atoms with Crippen LogP contribution < -0.4 is 5.56 Å². The van der Waals surface area contributed by atoms with Gasteiger partial charge in [-0.2, -0.15) is 0 Å². The third kappa shape index (κ3) is 3.58. The highest BCUT2D eigenvalue weighted by atomic mass is 16.5. The Morgan fingerprint density at radius 3 is 2.14 bits per heavy atom. The van der Waals surface area contributed by atoms with Crippen LogP contribution in [0, 0.1) is 4.91 Å². The van der Waals surface area contributed by atoms with Crippen molar-refractivity contribution in [3.05, 3.63) is 111 Å². The predicted octanol–water partition coefficient (Wildman–Crippen LogP) is 4.58. The van der Waals surface area contributed by atoms with Crippen molar-refractivity contribution in [3.8, 4) is 0 Å². The van der Waals surface area contributed by atoms with Crippen molar-refractivity contribution in [2.45, 2.75) is 12.6 Å². The molecular weight excluding hydrogens is 366 g/mol. The topological polar surface area (TPSA) is 73.6 Å². The molecule has 1 heterocycles. The second-order valence-corrected chi connectivity index (χ2v) is 6.65. The average Bonchev–Trinajstić information content (AvgIpc) is 2.77. The Kier molecular flexibility index (Phi) is 5.27. The van der Waals surface area contributed by atoms with E-state index in [-0.39, 0.29) is 23.9 Å². The lowest BCUT2D eigenvalue weighted by atomic mass is 9.98. The molecule has 3 aromatic carbocycles. The van der Waals surface area contributed by atoms with Crippen LogP contribution in [0.1, 0.15) is 23.0 Å². The molecule has 6 heteroatoms. The number of ether oxygens (including phenoxy) is 1. The molecule has 0 fully saturated rings. The standard InChI is InChI=1S/C23H19N3O3/c1-29-15-21-24-20-13-12-18(25-28)14-19(20)23(27)26(21)22(16-8-4-2-5-9-16)17-10-6-3-7-11-17/h2-14,22H,15H2,1H3. The largest absolute Gasteiger partial charge is 0.377 e. The van der Waals surface area contributed by atoms with E-state index in [1.165, 1.54) is 6.07 Å². The Balaban J connectivity index is 2.06. The monoisotopic (exact) mass is 385 g/mol. The Morgan fingerprint density at radius 2 is 1.59 bits per heavy atom. The van der Waals surface area contributed by atoms with Crippen LogP contribution in [0.5, 0.6) is 0 Å². The van der Waals surface area contributed by atoms with E-state index in [2.05, 4.69) is 10.2 Å². The van der Waals surface area contributed by atoms with E-state index in [9.17, 15) is 9.70 Å². The summed E-state index contributed by atoms with van der Waals surface area (Å²) in [6, 6.07) is 23.8. The summed E-state index contributed by atoms with van der Waals surface area (Å²) in [7, 11) is 1.57. The second kappa shape index (κ2) is 8.16. The molecule has 4 aromatic rings. The summed E-state index contributed by atoms with van der Waals surface area (Å²) >= 11 is 0. The summed E-state index contributed by atoms with van der Waals surface area (Å²) in [5.41, 5.74) is 2.35. The van der Waals surface area contributed by atoms with Crippen molar-refractivity contribution in [2.24, 2.45) is 5.18 Å². The lowest BCUT2D eigenvalue weighted by molar-refractivity contribution is 0.172. The zero-order chi connectivity index (χ0) is 20.2. The molecule has 0 saturated heterocycles. The molecule has 0 radical (unpaired) electrons. The maximum absolute atomic E-state index is 13.6. The maximum atomic E-state index is 13.6. The van der Waals surface area contributed by atoms with Gasteiger partial charge in [-0.05, 0) is 34.5 Å². The molecule has 4 rings (SSSR count). The molecule has 1 aromatic heterocycles. The Morgan fingerprint density at radius 1 is 0.966 bits per heavy atom.